The zero-order valence-electron chi connectivity index (χ0n) is 7.92. The fourth-order valence-corrected chi connectivity index (χ4v) is 0.856. The fourth-order valence-electron chi connectivity index (χ4n) is 0.856. The van der Waals surface area contributed by atoms with Crippen LogP contribution in [0.2, 0.25) is 0 Å². The zero-order chi connectivity index (χ0) is 8.65. The van der Waals surface area contributed by atoms with E-state index in [1.54, 1.807) is 0 Å². The number of rotatable bonds is 0. The van der Waals surface area contributed by atoms with Crippen molar-refractivity contribution >= 4 is 0 Å². The Morgan fingerprint density at radius 2 is 2.00 bits per heavy atom. The first-order valence-electron chi connectivity index (χ1n) is 3.81. The van der Waals surface area contributed by atoms with Crippen molar-refractivity contribution in [3.63, 3.8) is 0 Å². The normalized spacial score (nSPS) is 12.1. The Kier molecular flexibility index (Phi) is 1.74. The van der Waals surface area contributed by atoms with Gasteiger partial charge in [0.2, 0.25) is 5.69 Å². The first kappa shape index (κ1) is 8.24. The highest BCUT2D eigenvalue weighted by molar-refractivity contribution is 5.03. The third-order valence-corrected chi connectivity index (χ3v) is 1.79. The zero-order valence-corrected chi connectivity index (χ0v) is 7.92. The van der Waals surface area contributed by atoms with Crippen LogP contribution >= 0.6 is 0 Å². The summed E-state index contributed by atoms with van der Waals surface area (Å²) >= 11 is 0. The standard InChI is InChI=1S/C8H16N3/c1-8(2,3)7-6-10(4)11(5)9-7/h6H,1-5H3/q+1. The second kappa shape index (κ2) is 2.32. The second-order valence-corrected chi connectivity index (χ2v) is 3.93. The van der Waals surface area contributed by atoms with Crippen LogP contribution in [0.1, 0.15) is 26.5 Å². The molecule has 0 atom stereocenters. The van der Waals surface area contributed by atoms with E-state index in [0.29, 0.717) is 0 Å². The van der Waals surface area contributed by atoms with Crippen molar-refractivity contribution in [2.45, 2.75) is 26.2 Å². The van der Waals surface area contributed by atoms with E-state index in [2.05, 4.69) is 32.1 Å². The van der Waals surface area contributed by atoms with Crippen LogP contribution in [0.5, 0.6) is 0 Å². The Morgan fingerprint density at radius 1 is 1.45 bits per heavy atom. The van der Waals surface area contributed by atoms with Crippen molar-refractivity contribution in [3.8, 4) is 0 Å². The van der Waals surface area contributed by atoms with E-state index in [1.807, 2.05) is 23.6 Å². The van der Waals surface area contributed by atoms with Gasteiger partial charge in [-0.2, -0.15) is 4.68 Å². The van der Waals surface area contributed by atoms with E-state index in [1.165, 1.54) is 0 Å². The van der Waals surface area contributed by atoms with Gasteiger partial charge in [0.15, 0.2) is 6.20 Å². The molecule has 0 radical (unpaired) electrons. The number of hydrogen-bond acceptors (Lipinski definition) is 1. The van der Waals surface area contributed by atoms with Crippen molar-refractivity contribution < 1.29 is 4.68 Å². The molecule has 11 heavy (non-hydrogen) atoms. The molecule has 62 valence electrons. The Labute approximate surface area is 67.6 Å². The van der Waals surface area contributed by atoms with Gasteiger partial charge in [-0.25, -0.2) is 0 Å². The largest absolute Gasteiger partial charge is 0.223 e. The molecule has 0 aliphatic carbocycles. The summed E-state index contributed by atoms with van der Waals surface area (Å²) < 4.78 is 1.97. The van der Waals surface area contributed by atoms with Gasteiger partial charge < -0.3 is 0 Å². The summed E-state index contributed by atoms with van der Waals surface area (Å²) in [7, 11) is 3.93. The molecular formula is C8H16N3+. The Morgan fingerprint density at radius 3 is 2.18 bits per heavy atom. The fraction of sp³-hybridized carbons (Fsp3) is 0.750. The summed E-state index contributed by atoms with van der Waals surface area (Å²) in [6.45, 7) is 6.49. The summed E-state index contributed by atoms with van der Waals surface area (Å²) in [4.78, 5) is 1.83. The van der Waals surface area contributed by atoms with Crippen LogP contribution in [-0.2, 0) is 19.5 Å². The molecule has 0 spiro atoms. The smallest absolute Gasteiger partial charge is 0.164 e. The molecule has 0 amide bonds. The molecule has 0 saturated carbocycles. The highest BCUT2D eigenvalue weighted by Gasteiger charge is 2.24. The molecule has 0 N–H and O–H groups in total. The van der Waals surface area contributed by atoms with Gasteiger partial charge >= 0.3 is 0 Å². The molecule has 0 aromatic carbocycles. The van der Waals surface area contributed by atoms with Gasteiger partial charge in [-0.05, 0) is 4.80 Å². The SMILES string of the molecule is Cn1nc(C(C)(C)C)c[n+]1C. The van der Waals surface area contributed by atoms with Crippen molar-refractivity contribution in [1.82, 2.24) is 9.90 Å². The van der Waals surface area contributed by atoms with E-state index < -0.39 is 0 Å². The summed E-state index contributed by atoms with van der Waals surface area (Å²) in [5, 5.41) is 4.36. The average Bonchev–Trinajstić information content (AvgIpc) is 2.11. The van der Waals surface area contributed by atoms with Crippen LogP contribution < -0.4 is 4.68 Å². The molecule has 0 saturated heterocycles. The summed E-state index contributed by atoms with van der Waals surface area (Å²) in [5.74, 6) is 0. The summed E-state index contributed by atoms with van der Waals surface area (Å²) in [6, 6.07) is 0. The van der Waals surface area contributed by atoms with Crippen molar-refractivity contribution in [2.75, 3.05) is 0 Å². The molecule has 1 heterocycles. The Bertz CT molecular complexity index is 235. The van der Waals surface area contributed by atoms with Gasteiger partial charge in [0.25, 0.3) is 0 Å². The van der Waals surface area contributed by atoms with Crippen molar-refractivity contribution in [1.29, 1.82) is 0 Å². The predicted molar refractivity (Wildman–Crippen MR) is 43.1 cm³/mol. The van der Waals surface area contributed by atoms with E-state index in [4.69, 9.17) is 0 Å². The topological polar surface area (TPSA) is 21.7 Å². The first-order valence-corrected chi connectivity index (χ1v) is 3.81. The number of aryl methyl sites for hydroxylation is 2. The molecule has 0 aliphatic heterocycles. The summed E-state index contributed by atoms with van der Waals surface area (Å²) in [6.07, 6.45) is 2.06. The van der Waals surface area contributed by atoms with Crippen molar-refractivity contribution in [3.05, 3.63) is 11.9 Å². The minimum absolute atomic E-state index is 0.152. The molecule has 0 aliphatic rings. The maximum absolute atomic E-state index is 4.36. The van der Waals surface area contributed by atoms with Gasteiger partial charge in [0, 0.05) is 10.5 Å². The highest BCUT2D eigenvalue weighted by atomic mass is 15.5. The third-order valence-electron chi connectivity index (χ3n) is 1.79. The molecule has 1 rings (SSSR count). The minimum Gasteiger partial charge on any atom is -0.164 e. The lowest BCUT2D eigenvalue weighted by atomic mass is 9.93. The molecule has 0 bridgehead atoms. The van der Waals surface area contributed by atoms with E-state index in [-0.39, 0.29) is 5.41 Å². The number of aromatic nitrogens is 3. The van der Waals surface area contributed by atoms with E-state index in [9.17, 15) is 0 Å². The number of hydrogen-bond donors (Lipinski definition) is 0. The van der Waals surface area contributed by atoms with Crippen LogP contribution in [0.15, 0.2) is 6.20 Å². The van der Waals surface area contributed by atoms with E-state index >= 15 is 0 Å². The number of nitrogens with zero attached hydrogens (tertiary/aromatic N) is 3. The first-order chi connectivity index (χ1) is 4.91. The lowest BCUT2D eigenvalue weighted by molar-refractivity contribution is -0.755. The van der Waals surface area contributed by atoms with Gasteiger partial charge in [-0.1, -0.05) is 20.8 Å². The van der Waals surface area contributed by atoms with Crippen molar-refractivity contribution in [2.24, 2.45) is 14.1 Å². The summed E-state index contributed by atoms with van der Waals surface area (Å²) in [5.41, 5.74) is 1.28. The quantitative estimate of drug-likeness (QED) is 0.500. The van der Waals surface area contributed by atoms with Crippen LogP contribution in [0.3, 0.4) is 0 Å². The predicted octanol–water partition coefficient (Wildman–Crippen LogP) is 0.542. The van der Waals surface area contributed by atoms with Crippen LogP contribution in [0, 0.1) is 0 Å². The molecule has 1 aromatic heterocycles. The van der Waals surface area contributed by atoms with Gasteiger partial charge in [-0.3, -0.25) is 0 Å². The molecule has 0 unspecified atom stereocenters. The Hall–Kier alpha value is -0.860. The van der Waals surface area contributed by atoms with Gasteiger partial charge in [0.05, 0.1) is 7.05 Å². The van der Waals surface area contributed by atoms with E-state index in [0.717, 1.165) is 5.69 Å². The maximum atomic E-state index is 4.36. The second-order valence-electron chi connectivity index (χ2n) is 3.93. The van der Waals surface area contributed by atoms with Crippen LogP contribution in [0.4, 0.5) is 0 Å². The minimum atomic E-state index is 0.152. The third kappa shape index (κ3) is 1.59. The Balaban J connectivity index is 3.08. The molecule has 3 nitrogen and oxygen atoms in total. The van der Waals surface area contributed by atoms with Gasteiger partial charge in [0.1, 0.15) is 7.05 Å². The maximum Gasteiger partial charge on any atom is 0.223 e. The van der Waals surface area contributed by atoms with Crippen LogP contribution in [0.25, 0.3) is 0 Å². The molecular weight excluding hydrogens is 138 g/mol. The lowest BCUT2D eigenvalue weighted by Gasteiger charge is -2.07. The molecule has 0 fully saturated rings. The molecule has 3 heteroatoms. The van der Waals surface area contributed by atoms with Crippen LogP contribution in [-0.4, -0.2) is 9.90 Å². The lowest BCUT2D eigenvalue weighted by Crippen LogP contribution is -2.36. The highest BCUT2D eigenvalue weighted by Crippen LogP contribution is 2.17. The molecule has 1 aromatic rings. The van der Waals surface area contributed by atoms with Gasteiger partial charge in [-0.15, -0.1) is 0 Å². The monoisotopic (exact) mass is 154 g/mol. The average molecular weight is 154 g/mol.